The summed E-state index contributed by atoms with van der Waals surface area (Å²) in [6.45, 7) is 9.85. The zero-order valence-corrected chi connectivity index (χ0v) is 21.9. The molecule has 2 aromatic carbocycles. The summed E-state index contributed by atoms with van der Waals surface area (Å²) in [7, 11) is -3.74. The Labute approximate surface area is 204 Å². The molecule has 0 fully saturated rings. The molecule has 2 amide bonds. The fourth-order valence-electron chi connectivity index (χ4n) is 3.58. The van der Waals surface area contributed by atoms with Gasteiger partial charge in [-0.1, -0.05) is 43.7 Å². The molecule has 0 aliphatic carbocycles. The molecule has 1 N–H and O–H groups in total. The predicted molar refractivity (Wildman–Crippen MR) is 137 cm³/mol. The molecular weight excluding hydrogens is 450 g/mol. The number of hydrogen-bond donors (Lipinski definition) is 1. The Morgan fingerprint density at radius 3 is 2.26 bits per heavy atom. The third kappa shape index (κ3) is 7.32. The molecular formula is C26H37N3O4S. The standard InChI is InChI=1S/C26H37N3O4S/c1-7-8-15-27-26(31)22(5)28(17-23-12-10-9-11-20(23)3)25(30)18-29(34(6,32)33)24-14-13-19(2)21(4)16-24/h9-14,16,22H,7-8,15,17-18H2,1-6H3,(H,27,31)/t22-/m1/s1. The molecule has 0 aliphatic rings. The largest absolute Gasteiger partial charge is 0.354 e. The van der Waals surface area contributed by atoms with Crippen molar-refractivity contribution in [3.8, 4) is 0 Å². The van der Waals surface area contributed by atoms with Crippen LogP contribution >= 0.6 is 0 Å². The van der Waals surface area contributed by atoms with Crippen molar-refractivity contribution in [1.82, 2.24) is 10.2 Å². The van der Waals surface area contributed by atoms with E-state index in [-0.39, 0.29) is 19.0 Å². The number of carbonyl (C=O) groups is 2. The Hall–Kier alpha value is -2.87. The lowest BCUT2D eigenvalue weighted by Gasteiger charge is -2.32. The first kappa shape index (κ1) is 27.4. The highest BCUT2D eigenvalue weighted by Crippen LogP contribution is 2.22. The van der Waals surface area contributed by atoms with Gasteiger partial charge in [0.25, 0.3) is 0 Å². The zero-order valence-electron chi connectivity index (χ0n) is 21.1. The minimum absolute atomic E-state index is 0.207. The first-order valence-electron chi connectivity index (χ1n) is 11.6. The summed E-state index contributed by atoms with van der Waals surface area (Å²) in [6, 6.07) is 12.2. The summed E-state index contributed by atoms with van der Waals surface area (Å²) in [6.07, 6.45) is 2.88. The van der Waals surface area contributed by atoms with Gasteiger partial charge in [-0.25, -0.2) is 8.42 Å². The van der Waals surface area contributed by atoms with E-state index in [4.69, 9.17) is 0 Å². The second-order valence-corrected chi connectivity index (χ2v) is 10.7. The van der Waals surface area contributed by atoms with Gasteiger partial charge in [-0.2, -0.15) is 0 Å². The maximum Gasteiger partial charge on any atom is 0.244 e. The van der Waals surface area contributed by atoms with Gasteiger partial charge in [0.2, 0.25) is 21.8 Å². The van der Waals surface area contributed by atoms with E-state index < -0.39 is 22.0 Å². The molecule has 0 aliphatic heterocycles. The van der Waals surface area contributed by atoms with E-state index in [2.05, 4.69) is 5.32 Å². The minimum atomic E-state index is -3.74. The Balaban J connectivity index is 2.38. The Bertz CT molecular complexity index is 1110. The Morgan fingerprint density at radius 2 is 1.68 bits per heavy atom. The maximum absolute atomic E-state index is 13.6. The molecule has 8 heteroatoms. The molecule has 0 saturated heterocycles. The molecule has 0 spiro atoms. The van der Waals surface area contributed by atoms with Crippen molar-refractivity contribution < 1.29 is 18.0 Å². The molecule has 0 saturated carbocycles. The quantitative estimate of drug-likeness (QED) is 0.490. The van der Waals surface area contributed by atoms with Crippen molar-refractivity contribution in [3.63, 3.8) is 0 Å². The van der Waals surface area contributed by atoms with E-state index in [1.54, 1.807) is 19.1 Å². The van der Waals surface area contributed by atoms with Crippen LogP contribution in [0.15, 0.2) is 42.5 Å². The summed E-state index contributed by atoms with van der Waals surface area (Å²) < 4.78 is 26.4. The molecule has 2 aromatic rings. The van der Waals surface area contributed by atoms with Crippen molar-refractivity contribution in [1.29, 1.82) is 0 Å². The average molecular weight is 488 g/mol. The number of anilines is 1. The molecule has 186 valence electrons. The van der Waals surface area contributed by atoms with Gasteiger partial charge < -0.3 is 10.2 Å². The van der Waals surface area contributed by atoms with Crippen molar-refractivity contribution in [2.45, 2.75) is 60.0 Å². The molecule has 1 atom stereocenters. The molecule has 0 radical (unpaired) electrons. The minimum Gasteiger partial charge on any atom is -0.354 e. The van der Waals surface area contributed by atoms with Gasteiger partial charge in [-0.05, 0) is 68.5 Å². The number of hydrogen-bond acceptors (Lipinski definition) is 4. The number of unbranched alkanes of at least 4 members (excludes halogenated alkanes) is 1. The molecule has 0 bridgehead atoms. The topological polar surface area (TPSA) is 86.8 Å². The average Bonchev–Trinajstić information content (AvgIpc) is 2.77. The molecule has 0 unspecified atom stereocenters. The van der Waals surface area contributed by atoms with Crippen LogP contribution in [0.5, 0.6) is 0 Å². The van der Waals surface area contributed by atoms with E-state index in [1.807, 2.05) is 58.0 Å². The molecule has 0 heterocycles. The van der Waals surface area contributed by atoms with Crippen LogP contribution in [0.25, 0.3) is 0 Å². The van der Waals surface area contributed by atoms with Crippen molar-refractivity contribution in [2.75, 3.05) is 23.7 Å². The van der Waals surface area contributed by atoms with Crippen LogP contribution in [0.3, 0.4) is 0 Å². The summed E-state index contributed by atoms with van der Waals surface area (Å²) in [4.78, 5) is 27.9. The number of benzene rings is 2. The SMILES string of the molecule is CCCCNC(=O)[C@@H](C)N(Cc1ccccc1C)C(=O)CN(c1ccc(C)c(C)c1)S(C)(=O)=O. The highest BCUT2D eigenvalue weighted by molar-refractivity contribution is 7.92. The van der Waals surface area contributed by atoms with E-state index in [0.717, 1.165) is 45.7 Å². The normalized spacial score (nSPS) is 12.2. The second kappa shape index (κ2) is 12.0. The molecule has 2 rings (SSSR count). The molecule has 7 nitrogen and oxygen atoms in total. The fraction of sp³-hybridized carbons (Fsp3) is 0.462. The Morgan fingerprint density at radius 1 is 1.00 bits per heavy atom. The highest BCUT2D eigenvalue weighted by atomic mass is 32.2. The Kier molecular flexibility index (Phi) is 9.67. The number of rotatable bonds is 11. The number of amides is 2. The molecule has 34 heavy (non-hydrogen) atoms. The van der Waals surface area contributed by atoms with Crippen LogP contribution < -0.4 is 9.62 Å². The molecule has 0 aromatic heterocycles. The number of sulfonamides is 1. The van der Waals surface area contributed by atoms with E-state index in [9.17, 15) is 18.0 Å². The van der Waals surface area contributed by atoms with Crippen molar-refractivity contribution in [2.24, 2.45) is 0 Å². The maximum atomic E-state index is 13.6. The van der Waals surface area contributed by atoms with Crippen LogP contribution in [0.1, 0.15) is 48.9 Å². The number of aryl methyl sites for hydroxylation is 3. The summed E-state index contributed by atoms with van der Waals surface area (Å²) >= 11 is 0. The monoisotopic (exact) mass is 487 g/mol. The first-order valence-corrected chi connectivity index (χ1v) is 13.5. The van der Waals surface area contributed by atoms with Gasteiger partial charge in [0.05, 0.1) is 11.9 Å². The summed E-state index contributed by atoms with van der Waals surface area (Å²) in [5, 5.41) is 2.88. The van der Waals surface area contributed by atoms with Crippen molar-refractivity contribution in [3.05, 3.63) is 64.7 Å². The fourth-order valence-corrected chi connectivity index (χ4v) is 4.43. The van der Waals surface area contributed by atoms with Gasteiger partial charge in [0.15, 0.2) is 0 Å². The number of nitrogens with zero attached hydrogens (tertiary/aromatic N) is 2. The van der Waals surface area contributed by atoms with Gasteiger partial charge in [-0.3, -0.25) is 13.9 Å². The van der Waals surface area contributed by atoms with Gasteiger partial charge in [0.1, 0.15) is 12.6 Å². The zero-order chi connectivity index (χ0) is 25.5. The van der Waals surface area contributed by atoms with Gasteiger partial charge in [0, 0.05) is 13.1 Å². The van der Waals surface area contributed by atoms with E-state index >= 15 is 0 Å². The lowest BCUT2D eigenvalue weighted by molar-refractivity contribution is -0.139. The third-order valence-corrected chi connectivity index (χ3v) is 7.20. The van der Waals surface area contributed by atoms with E-state index in [1.165, 1.54) is 4.90 Å². The van der Waals surface area contributed by atoms with Crippen LogP contribution in [0.4, 0.5) is 5.69 Å². The number of nitrogens with one attached hydrogen (secondary N) is 1. The van der Waals surface area contributed by atoms with Crippen LogP contribution in [0, 0.1) is 20.8 Å². The highest BCUT2D eigenvalue weighted by Gasteiger charge is 2.30. The van der Waals surface area contributed by atoms with Gasteiger partial charge in [-0.15, -0.1) is 0 Å². The van der Waals surface area contributed by atoms with Crippen LogP contribution in [0.2, 0.25) is 0 Å². The summed E-state index contributed by atoms with van der Waals surface area (Å²) in [5.74, 6) is -0.697. The second-order valence-electron chi connectivity index (χ2n) is 8.81. The van der Waals surface area contributed by atoms with Crippen LogP contribution in [-0.2, 0) is 26.2 Å². The van der Waals surface area contributed by atoms with Gasteiger partial charge >= 0.3 is 0 Å². The number of carbonyl (C=O) groups excluding carboxylic acids is 2. The lowest BCUT2D eigenvalue weighted by atomic mass is 10.1. The lowest BCUT2D eigenvalue weighted by Crippen LogP contribution is -2.51. The third-order valence-electron chi connectivity index (χ3n) is 6.06. The van der Waals surface area contributed by atoms with E-state index in [0.29, 0.717) is 12.2 Å². The summed E-state index contributed by atoms with van der Waals surface area (Å²) in [5.41, 5.74) is 4.28. The first-order chi connectivity index (χ1) is 16.0. The van der Waals surface area contributed by atoms with Crippen LogP contribution in [-0.4, -0.2) is 50.5 Å². The predicted octanol–water partition coefficient (Wildman–Crippen LogP) is 3.71. The smallest absolute Gasteiger partial charge is 0.244 e. The van der Waals surface area contributed by atoms with Crippen molar-refractivity contribution >= 4 is 27.5 Å².